The molecule has 1 amide bonds. The van der Waals surface area contributed by atoms with Crippen LogP contribution in [0.3, 0.4) is 0 Å². The number of nitrogens with zero attached hydrogens (tertiary/aromatic N) is 3. The number of hydrogen-bond donors (Lipinski definition) is 1. The molecule has 0 radical (unpaired) electrons. The molecule has 114 valence electrons. The molecule has 0 aliphatic heterocycles. The maximum absolute atomic E-state index is 12.1. The largest absolute Gasteiger partial charge is 0.431 e. The van der Waals surface area contributed by atoms with Crippen molar-refractivity contribution in [3.63, 3.8) is 0 Å². The zero-order valence-corrected chi connectivity index (χ0v) is 13.4. The van der Waals surface area contributed by atoms with Crippen LogP contribution in [0.25, 0.3) is 22.1 Å². The molecule has 2 heterocycles. The average Bonchev–Trinajstić information content (AvgIpc) is 3.19. The fraction of sp³-hybridized carbons (Fsp3) is 0.0667. The molecule has 0 fully saturated rings. The summed E-state index contributed by atoms with van der Waals surface area (Å²) < 4.78 is 13.9. The molecule has 1 N–H and O–H groups in total. The lowest BCUT2D eigenvalue weighted by molar-refractivity contribution is -0.113. The summed E-state index contributed by atoms with van der Waals surface area (Å²) in [5.41, 5.74) is 3.65. The van der Waals surface area contributed by atoms with Crippen LogP contribution >= 0.6 is 23.5 Å². The Morgan fingerprint density at radius 2 is 2.00 bits per heavy atom. The first-order valence-corrected chi connectivity index (χ1v) is 8.51. The van der Waals surface area contributed by atoms with Crippen molar-refractivity contribution in [2.24, 2.45) is 0 Å². The fourth-order valence-corrected chi connectivity index (χ4v) is 3.32. The molecule has 2 aromatic heterocycles. The molecular formula is C15H10N4O2S2. The van der Waals surface area contributed by atoms with Gasteiger partial charge in [0.15, 0.2) is 5.58 Å². The quantitative estimate of drug-likeness (QED) is 0.571. The summed E-state index contributed by atoms with van der Waals surface area (Å²) in [6.45, 7) is 0. The van der Waals surface area contributed by atoms with Crippen LogP contribution in [0.15, 0.2) is 52.1 Å². The fourth-order valence-electron chi connectivity index (χ4n) is 2.13. The van der Waals surface area contributed by atoms with Crippen molar-refractivity contribution in [1.29, 1.82) is 0 Å². The predicted molar refractivity (Wildman–Crippen MR) is 90.8 cm³/mol. The van der Waals surface area contributed by atoms with E-state index >= 15 is 0 Å². The number of anilines is 1. The van der Waals surface area contributed by atoms with Crippen LogP contribution in [0.1, 0.15) is 0 Å². The minimum atomic E-state index is -0.141. The first kappa shape index (κ1) is 14.2. The van der Waals surface area contributed by atoms with Gasteiger partial charge in [0.05, 0.1) is 23.2 Å². The molecule has 4 aromatic rings. The Balaban J connectivity index is 1.45. The smallest absolute Gasteiger partial charge is 0.257 e. The first-order chi connectivity index (χ1) is 11.3. The number of oxazole rings is 1. The van der Waals surface area contributed by atoms with Gasteiger partial charge in [-0.25, -0.2) is 4.98 Å². The minimum Gasteiger partial charge on any atom is -0.431 e. The molecule has 4 rings (SSSR count). The number of hydrogen-bond acceptors (Lipinski definition) is 7. The van der Waals surface area contributed by atoms with Gasteiger partial charge >= 0.3 is 0 Å². The van der Waals surface area contributed by atoms with E-state index in [1.165, 1.54) is 11.8 Å². The van der Waals surface area contributed by atoms with E-state index in [1.807, 2.05) is 42.5 Å². The van der Waals surface area contributed by atoms with Crippen molar-refractivity contribution in [2.75, 3.05) is 11.1 Å². The second-order valence-electron chi connectivity index (χ2n) is 4.72. The third-order valence-corrected chi connectivity index (χ3v) is 4.53. The lowest BCUT2D eigenvalue weighted by Gasteiger charge is -2.04. The molecule has 6 nitrogen and oxygen atoms in total. The molecule has 0 bridgehead atoms. The van der Waals surface area contributed by atoms with Gasteiger partial charge in [-0.1, -0.05) is 30.0 Å². The molecule has 0 spiro atoms. The standard InChI is InChI=1S/C15H10N4O2S2/c20-13(16-10-5-3-6-11-14(10)19-23-18-11)8-22-15-17-9-4-1-2-7-12(9)21-15/h1-7H,8H2,(H,16,20). The lowest BCUT2D eigenvalue weighted by Crippen LogP contribution is -2.14. The Morgan fingerprint density at radius 1 is 1.13 bits per heavy atom. The van der Waals surface area contributed by atoms with E-state index in [4.69, 9.17) is 4.42 Å². The monoisotopic (exact) mass is 342 g/mol. The highest BCUT2D eigenvalue weighted by atomic mass is 32.2. The first-order valence-electron chi connectivity index (χ1n) is 6.79. The normalized spacial score (nSPS) is 11.1. The molecule has 0 aliphatic rings. The van der Waals surface area contributed by atoms with Crippen LogP contribution in [0.5, 0.6) is 0 Å². The van der Waals surface area contributed by atoms with Gasteiger partial charge in [-0.15, -0.1) is 0 Å². The Morgan fingerprint density at radius 3 is 2.91 bits per heavy atom. The van der Waals surface area contributed by atoms with Gasteiger partial charge in [0.25, 0.3) is 5.22 Å². The Labute approximate surface area is 139 Å². The van der Waals surface area contributed by atoms with E-state index in [0.29, 0.717) is 22.0 Å². The predicted octanol–water partition coefficient (Wildman–Crippen LogP) is 3.56. The number of para-hydroxylation sites is 2. The van der Waals surface area contributed by atoms with Crippen molar-refractivity contribution >= 4 is 57.2 Å². The van der Waals surface area contributed by atoms with Crippen molar-refractivity contribution in [3.05, 3.63) is 42.5 Å². The van der Waals surface area contributed by atoms with E-state index in [9.17, 15) is 4.79 Å². The molecule has 0 saturated carbocycles. The number of rotatable bonds is 4. The Kier molecular flexibility index (Phi) is 3.68. The van der Waals surface area contributed by atoms with E-state index in [-0.39, 0.29) is 11.7 Å². The van der Waals surface area contributed by atoms with Crippen LogP contribution in [0.4, 0.5) is 5.69 Å². The number of carbonyl (C=O) groups excluding carboxylic acids is 1. The third-order valence-electron chi connectivity index (χ3n) is 3.16. The highest BCUT2D eigenvalue weighted by molar-refractivity contribution is 7.99. The van der Waals surface area contributed by atoms with E-state index < -0.39 is 0 Å². The summed E-state index contributed by atoms with van der Waals surface area (Å²) in [5, 5.41) is 3.33. The van der Waals surface area contributed by atoms with Gasteiger partial charge in [0.2, 0.25) is 5.91 Å². The van der Waals surface area contributed by atoms with Gasteiger partial charge in [-0.2, -0.15) is 8.75 Å². The molecule has 0 atom stereocenters. The van der Waals surface area contributed by atoms with Crippen molar-refractivity contribution in [3.8, 4) is 0 Å². The maximum Gasteiger partial charge on any atom is 0.257 e. The van der Waals surface area contributed by atoms with Gasteiger partial charge in [0, 0.05) is 0 Å². The van der Waals surface area contributed by atoms with Crippen LogP contribution in [-0.4, -0.2) is 25.4 Å². The average molecular weight is 342 g/mol. The number of amides is 1. The third kappa shape index (κ3) is 2.90. The van der Waals surface area contributed by atoms with Crippen LogP contribution < -0.4 is 5.32 Å². The van der Waals surface area contributed by atoms with E-state index in [1.54, 1.807) is 0 Å². The molecule has 8 heteroatoms. The Hall–Kier alpha value is -2.45. The number of thioether (sulfide) groups is 1. The maximum atomic E-state index is 12.1. The molecule has 0 saturated heterocycles. The highest BCUT2D eigenvalue weighted by Gasteiger charge is 2.11. The van der Waals surface area contributed by atoms with E-state index in [2.05, 4.69) is 19.0 Å². The van der Waals surface area contributed by atoms with Gasteiger partial charge in [0.1, 0.15) is 16.6 Å². The molecule has 2 aromatic carbocycles. The second kappa shape index (κ2) is 5.98. The molecule has 0 unspecified atom stereocenters. The van der Waals surface area contributed by atoms with Crippen LogP contribution in [0.2, 0.25) is 0 Å². The summed E-state index contributed by atoms with van der Waals surface area (Å²) in [4.78, 5) is 16.4. The zero-order chi connectivity index (χ0) is 15.6. The topological polar surface area (TPSA) is 80.9 Å². The van der Waals surface area contributed by atoms with Crippen LogP contribution in [0, 0.1) is 0 Å². The second-order valence-corrected chi connectivity index (χ2v) is 6.18. The number of fused-ring (bicyclic) bond motifs is 2. The van der Waals surface area contributed by atoms with Gasteiger partial charge in [-0.05, 0) is 24.3 Å². The summed E-state index contributed by atoms with van der Waals surface area (Å²) in [5.74, 6) is 0.0681. The van der Waals surface area contributed by atoms with E-state index in [0.717, 1.165) is 22.8 Å². The number of aromatic nitrogens is 3. The number of nitrogens with one attached hydrogen (secondary N) is 1. The van der Waals surface area contributed by atoms with Gasteiger partial charge in [-0.3, -0.25) is 4.79 Å². The van der Waals surface area contributed by atoms with Crippen LogP contribution in [-0.2, 0) is 4.79 Å². The van der Waals surface area contributed by atoms with Crippen molar-refractivity contribution < 1.29 is 9.21 Å². The highest BCUT2D eigenvalue weighted by Crippen LogP contribution is 2.24. The molecule has 0 aliphatic carbocycles. The molecular weight excluding hydrogens is 332 g/mol. The minimum absolute atomic E-state index is 0.141. The van der Waals surface area contributed by atoms with Gasteiger partial charge < -0.3 is 9.73 Å². The summed E-state index contributed by atoms with van der Waals surface area (Å²) in [7, 11) is 0. The lowest BCUT2D eigenvalue weighted by atomic mass is 10.2. The number of carbonyl (C=O) groups is 1. The summed E-state index contributed by atoms with van der Waals surface area (Å²) in [6.07, 6.45) is 0. The van der Waals surface area contributed by atoms with Crippen molar-refractivity contribution in [2.45, 2.75) is 5.22 Å². The SMILES string of the molecule is O=C(CSc1nc2ccccc2o1)Nc1cccc2nsnc12. The summed E-state index contributed by atoms with van der Waals surface area (Å²) >= 11 is 2.38. The Bertz CT molecular complexity index is 962. The summed E-state index contributed by atoms with van der Waals surface area (Å²) in [6, 6.07) is 13.0. The van der Waals surface area contributed by atoms with Crippen molar-refractivity contribution in [1.82, 2.24) is 13.7 Å². The number of benzene rings is 2. The molecule has 23 heavy (non-hydrogen) atoms. The zero-order valence-electron chi connectivity index (χ0n) is 11.7.